The van der Waals surface area contributed by atoms with Crippen molar-refractivity contribution in [1.29, 1.82) is 0 Å². The molecule has 4 rings (SSSR count). The minimum Gasteiger partial charge on any atom is -0.342 e. The predicted octanol–water partition coefficient (Wildman–Crippen LogP) is 4.25. The summed E-state index contributed by atoms with van der Waals surface area (Å²) in [5.41, 5.74) is 3.47. The van der Waals surface area contributed by atoms with Crippen molar-refractivity contribution in [2.75, 3.05) is 0 Å². The zero-order valence-corrected chi connectivity index (χ0v) is 13.8. The number of nitrogens with zero attached hydrogens (tertiary/aromatic N) is 2. The lowest BCUT2D eigenvalue weighted by molar-refractivity contribution is -0.119. The Bertz CT molecular complexity index is 633. The van der Waals surface area contributed by atoms with Crippen LogP contribution in [0.2, 0.25) is 0 Å². The normalized spacial score (nSPS) is 32.1. The monoisotopic (exact) mass is 299 g/mol. The van der Waals surface area contributed by atoms with Crippen molar-refractivity contribution in [1.82, 2.24) is 5.32 Å². The third kappa shape index (κ3) is 1.85. The van der Waals surface area contributed by atoms with Crippen molar-refractivity contribution in [3.8, 4) is 0 Å². The van der Waals surface area contributed by atoms with E-state index in [2.05, 4.69) is 36.3 Å². The van der Waals surface area contributed by atoms with E-state index < -0.39 is 0 Å². The molecule has 2 aliphatic heterocycles. The first-order valence-electron chi connectivity index (χ1n) is 8.62. The molecular formula is C18H25N3O. The van der Waals surface area contributed by atoms with E-state index in [1.807, 2.05) is 0 Å². The van der Waals surface area contributed by atoms with Crippen molar-refractivity contribution < 1.29 is 4.79 Å². The molecule has 1 spiro atoms. The summed E-state index contributed by atoms with van der Waals surface area (Å²) in [5, 5.41) is 12.3. The van der Waals surface area contributed by atoms with Crippen LogP contribution in [0.1, 0.15) is 65.7 Å². The number of carbonyl (C=O) groups is 1. The fraction of sp³-hybridized carbons (Fsp3) is 0.722. The smallest absolute Gasteiger partial charge is 0.162 e. The molecule has 2 aliphatic carbocycles. The van der Waals surface area contributed by atoms with Crippen LogP contribution >= 0.6 is 0 Å². The lowest BCUT2D eigenvalue weighted by Gasteiger charge is -2.48. The summed E-state index contributed by atoms with van der Waals surface area (Å²) < 4.78 is 0. The summed E-state index contributed by atoms with van der Waals surface area (Å²) in [6.45, 7) is 6.49. The summed E-state index contributed by atoms with van der Waals surface area (Å²) in [5.74, 6) is 1.30. The number of rotatable bonds is 0. The van der Waals surface area contributed by atoms with Crippen LogP contribution in [0.3, 0.4) is 0 Å². The van der Waals surface area contributed by atoms with E-state index in [0.717, 1.165) is 36.4 Å². The number of azo groups is 1. The van der Waals surface area contributed by atoms with Gasteiger partial charge in [-0.2, -0.15) is 5.11 Å². The number of hydrogen-bond donors (Lipinski definition) is 1. The van der Waals surface area contributed by atoms with E-state index in [1.54, 1.807) is 0 Å². The first kappa shape index (κ1) is 14.2. The Morgan fingerprint density at radius 3 is 2.59 bits per heavy atom. The number of nitrogens with one attached hydrogen (secondary N) is 1. The van der Waals surface area contributed by atoms with Gasteiger partial charge in [0.25, 0.3) is 0 Å². The highest BCUT2D eigenvalue weighted by atomic mass is 16.1. The molecule has 0 amide bonds. The molecule has 1 unspecified atom stereocenters. The minimum atomic E-state index is -0.0787. The fourth-order valence-electron chi connectivity index (χ4n) is 5.11. The van der Waals surface area contributed by atoms with Crippen molar-refractivity contribution in [3.63, 3.8) is 0 Å². The summed E-state index contributed by atoms with van der Waals surface area (Å²) in [4.78, 5) is 13.0. The van der Waals surface area contributed by atoms with Gasteiger partial charge in [0, 0.05) is 28.7 Å². The molecule has 1 fully saturated rings. The third-order valence-corrected chi connectivity index (χ3v) is 5.85. The van der Waals surface area contributed by atoms with Gasteiger partial charge in [0.05, 0.1) is 6.04 Å². The molecule has 0 radical (unpaired) electrons. The molecule has 1 saturated carbocycles. The van der Waals surface area contributed by atoms with Crippen LogP contribution < -0.4 is 5.32 Å². The molecule has 0 aromatic heterocycles. The number of allylic oxidation sites excluding steroid dienone is 2. The Balaban J connectivity index is 1.88. The average Bonchev–Trinajstić information content (AvgIpc) is 2.79. The topological polar surface area (TPSA) is 53.8 Å². The molecule has 0 aromatic carbocycles. The summed E-state index contributed by atoms with van der Waals surface area (Å²) in [6, 6.07) is 0.109. The molecule has 4 aliphatic rings. The standard InChI is InChI=1S/C18H25N3O/c1-11-14-16(21-20-11)19-12-9-17(2,3)10-13(22)15(12)18(14)7-5-4-6-8-18/h11,19H,4-10H2,1-3H3. The number of fused-ring (bicyclic) bond motifs is 2. The molecule has 22 heavy (non-hydrogen) atoms. The second-order valence-electron chi connectivity index (χ2n) is 8.22. The minimum absolute atomic E-state index is 0.0399. The van der Waals surface area contributed by atoms with Crippen LogP contribution in [0.5, 0.6) is 0 Å². The SMILES string of the molecule is CC1N=NC2=C1C1(CCCCC1)C1=C(CC(C)(C)CC1=O)N2. The molecule has 0 aromatic rings. The maximum atomic E-state index is 13.0. The molecule has 2 heterocycles. The van der Waals surface area contributed by atoms with Crippen LogP contribution in [-0.4, -0.2) is 11.8 Å². The van der Waals surface area contributed by atoms with Crippen LogP contribution in [0.4, 0.5) is 0 Å². The highest BCUT2D eigenvalue weighted by molar-refractivity contribution is 6.00. The molecule has 1 atom stereocenters. The summed E-state index contributed by atoms with van der Waals surface area (Å²) in [7, 11) is 0. The first-order valence-corrected chi connectivity index (χ1v) is 8.62. The van der Waals surface area contributed by atoms with Gasteiger partial charge in [-0.25, -0.2) is 0 Å². The van der Waals surface area contributed by atoms with Gasteiger partial charge in [-0.15, -0.1) is 5.11 Å². The molecule has 4 nitrogen and oxygen atoms in total. The average molecular weight is 299 g/mol. The molecule has 118 valence electrons. The first-order chi connectivity index (χ1) is 10.4. The van der Waals surface area contributed by atoms with Crippen LogP contribution in [0.25, 0.3) is 0 Å². The molecular weight excluding hydrogens is 274 g/mol. The number of hydrogen-bond acceptors (Lipinski definition) is 4. The van der Waals surface area contributed by atoms with Crippen molar-refractivity contribution in [2.24, 2.45) is 21.1 Å². The lowest BCUT2D eigenvalue weighted by atomic mass is 9.57. The summed E-state index contributed by atoms with van der Waals surface area (Å²) in [6.07, 6.45) is 7.48. The van der Waals surface area contributed by atoms with E-state index in [1.165, 1.54) is 24.8 Å². The van der Waals surface area contributed by atoms with E-state index in [0.29, 0.717) is 12.2 Å². The molecule has 0 bridgehead atoms. The van der Waals surface area contributed by atoms with Crippen molar-refractivity contribution in [2.45, 2.75) is 71.8 Å². The number of carbonyl (C=O) groups excluding carboxylic acids is 1. The Morgan fingerprint density at radius 2 is 1.86 bits per heavy atom. The van der Waals surface area contributed by atoms with Crippen molar-refractivity contribution >= 4 is 5.78 Å². The van der Waals surface area contributed by atoms with Gasteiger partial charge >= 0.3 is 0 Å². The highest BCUT2D eigenvalue weighted by Crippen LogP contribution is 2.57. The Kier molecular flexibility index (Phi) is 2.91. The van der Waals surface area contributed by atoms with Gasteiger partial charge in [-0.1, -0.05) is 33.1 Å². The van der Waals surface area contributed by atoms with E-state index in [9.17, 15) is 4.79 Å². The van der Waals surface area contributed by atoms with E-state index >= 15 is 0 Å². The second kappa shape index (κ2) is 4.53. The Morgan fingerprint density at radius 1 is 1.14 bits per heavy atom. The number of Topliss-reactive ketones (excluding diaryl/α,β-unsaturated/α-hetero) is 1. The molecule has 0 saturated heterocycles. The predicted molar refractivity (Wildman–Crippen MR) is 85.0 cm³/mol. The highest BCUT2D eigenvalue weighted by Gasteiger charge is 2.52. The number of ketones is 1. The largest absolute Gasteiger partial charge is 0.342 e. The third-order valence-electron chi connectivity index (χ3n) is 5.85. The van der Waals surface area contributed by atoms with Crippen LogP contribution in [0, 0.1) is 10.8 Å². The van der Waals surface area contributed by atoms with E-state index in [4.69, 9.17) is 0 Å². The zero-order chi connectivity index (χ0) is 15.5. The van der Waals surface area contributed by atoms with Crippen LogP contribution in [-0.2, 0) is 4.79 Å². The fourth-order valence-corrected chi connectivity index (χ4v) is 5.11. The zero-order valence-electron chi connectivity index (χ0n) is 13.8. The lowest BCUT2D eigenvalue weighted by Crippen LogP contribution is -2.45. The Hall–Kier alpha value is -1.45. The molecule has 1 N–H and O–H groups in total. The summed E-state index contributed by atoms with van der Waals surface area (Å²) >= 11 is 0. The van der Waals surface area contributed by atoms with Crippen LogP contribution in [0.15, 0.2) is 32.9 Å². The quantitative estimate of drug-likeness (QED) is 0.727. The maximum absolute atomic E-state index is 13.0. The Labute approximate surface area is 132 Å². The maximum Gasteiger partial charge on any atom is 0.162 e. The van der Waals surface area contributed by atoms with Gasteiger partial charge < -0.3 is 5.32 Å². The van der Waals surface area contributed by atoms with Gasteiger partial charge in [0.1, 0.15) is 0 Å². The van der Waals surface area contributed by atoms with Gasteiger partial charge in [-0.05, 0) is 31.6 Å². The molecule has 4 heteroatoms. The number of dihydropyridines is 1. The second-order valence-corrected chi connectivity index (χ2v) is 8.22. The van der Waals surface area contributed by atoms with Crippen molar-refractivity contribution in [3.05, 3.63) is 22.7 Å². The van der Waals surface area contributed by atoms with Gasteiger partial charge in [0.15, 0.2) is 11.6 Å². The van der Waals surface area contributed by atoms with Gasteiger partial charge in [-0.3, -0.25) is 4.79 Å². The van der Waals surface area contributed by atoms with E-state index in [-0.39, 0.29) is 16.9 Å². The van der Waals surface area contributed by atoms with Gasteiger partial charge in [0.2, 0.25) is 0 Å².